The van der Waals surface area contributed by atoms with Gasteiger partial charge >= 0.3 is 0 Å². The first kappa shape index (κ1) is 17.0. The number of imidazole rings is 1. The van der Waals surface area contributed by atoms with Crippen LogP contribution in [0.4, 0.5) is 0 Å². The molecule has 1 N–H and O–H groups in total. The summed E-state index contributed by atoms with van der Waals surface area (Å²) in [5.74, 6) is -0.122. The maximum atomic E-state index is 13.3. The van der Waals surface area contributed by atoms with Crippen LogP contribution in [0.3, 0.4) is 0 Å². The molecule has 0 spiro atoms. The zero-order valence-electron chi connectivity index (χ0n) is 15.2. The van der Waals surface area contributed by atoms with Crippen LogP contribution in [0.1, 0.15) is 40.3 Å². The van der Waals surface area contributed by atoms with E-state index in [0.29, 0.717) is 12.1 Å². The second-order valence-electron chi connectivity index (χ2n) is 6.42. The first-order valence-corrected chi connectivity index (χ1v) is 9.14. The standard InChI is InChI=1S/C23H21N3O/c1-2-19-22(26-16-10-9-15-20(26)24-19)23(27)25-21(17-11-5-3-6-12-17)18-13-7-4-8-14-18/h3-16,21H,2H2,1H3,(H,25,27). The summed E-state index contributed by atoms with van der Waals surface area (Å²) in [5.41, 5.74) is 4.28. The Morgan fingerprint density at radius 2 is 1.52 bits per heavy atom. The lowest BCUT2D eigenvalue weighted by atomic mass is 9.98. The van der Waals surface area contributed by atoms with Gasteiger partial charge in [-0.2, -0.15) is 0 Å². The van der Waals surface area contributed by atoms with E-state index >= 15 is 0 Å². The molecule has 1 amide bonds. The second-order valence-corrected chi connectivity index (χ2v) is 6.42. The van der Waals surface area contributed by atoms with Gasteiger partial charge in [-0.1, -0.05) is 73.7 Å². The highest BCUT2D eigenvalue weighted by Gasteiger charge is 2.22. The highest BCUT2D eigenvalue weighted by atomic mass is 16.2. The largest absolute Gasteiger partial charge is 0.340 e. The fourth-order valence-corrected chi connectivity index (χ4v) is 3.38. The molecule has 0 saturated heterocycles. The third-order valence-electron chi connectivity index (χ3n) is 4.69. The summed E-state index contributed by atoms with van der Waals surface area (Å²) < 4.78 is 1.86. The first-order chi connectivity index (χ1) is 13.3. The number of aryl methyl sites for hydroxylation is 1. The number of carbonyl (C=O) groups is 1. The van der Waals surface area contributed by atoms with Crippen LogP contribution in [-0.4, -0.2) is 15.3 Å². The Bertz CT molecular complexity index is 1020. The van der Waals surface area contributed by atoms with E-state index in [2.05, 4.69) is 10.3 Å². The Hall–Kier alpha value is -3.40. The average molecular weight is 355 g/mol. The fraction of sp³-hybridized carbons (Fsp3) is 0.130. The number of pyridine rings is 1. The molecule has 0 unspecified atom stereocenters. The SMILES string of the molecule is CCc1nc2ccccn2c1C(=O)NC(c1ccccc1)c1ccccc1. The lowest BCUT2D eigenvalue weighted by molar-refractivity contribution is 0.0936. The minimum Gasteiger partial charge on any atom is -0.340 e. The highest BCUT2D eigenvalue weighted by molar-refractivity contribution is 5.95. The van der Waals surface area contributed by atoms with E-state index in [1.165, 1.54) is 0 Å². The lowest BCUT2D eigenvalue weighted by Gasteiger charge is -2.20. The molecule has 4 heteroatoms. The number of aromatic nitrogens is 2. The van der Waals surface area contributed by atoms with Crippen molar-refractivity contribution >= 4 is 11.6 Å². The van der Waals surface area contributed by atoms with Crippen molar-refractivity contribution < 1.29 is 4.79 Å². The molecule has 0 atom stereocenters. The van der Waals surface area contributed by atoms with Gasteiger partial charge in [0.2, 0.25) is 0 Å². The zero-order valence-corrected chi connectivity index (χ0v) is 15.2. The third-order valence-corrected chi connectivity index (χ3v) is 4.69. The van der Waals surface area contributed by atoms with E-state index in [1.54, 1.807) is 0 Å². The quantitative estimate of drug-likeness (QED) is 0.576. The molecule has 27 heavy (non-hydrogen) atoms. The van der Waals surface area contributed by atoms with Gasteiger partial charge in [-0.15, -0.1) is 0 Å². The van der Waals surface area contributed by atoms with Crippen molar-refractivity contribution in [3.05, 3.63) is 108 Å². The Balaban J connectivity index is 1.75. The van der Waals surface area contributed by atoms with Gasteiger partial charge in [0.25, 0.3) is 5.91 Å². The van der Waals surface area contributed by atoms with E-state index in [1.807, 2.05) is 96.4 Å². The van der Waals surface area contributed by atoms with Crippen LogP contribution < -0.4 is 5.32 Å². The van der Waals surface area contributed by atoms with E-state index in [-0.39, 0.29) is 11.9 Å². The molecule has 4 aromatic rings. The summed E-state index contributed by atoms with van der Waals surface area (Å²) in [5, 5.41) is 3.22. The van der Waals surface area contributed by atoms with E-state index < -0.39 is 0 Å². The third kappa shape index (κ3) is 3.34. The van der Waals surface area contributed by atoms with Crippen LogP contribution in [0, 0.1) is 0 Å². The van der Waals surface area contributed by atoms with Crippen molar-refractivity contribution in [3.63, 3.8) is 0 Å². The molecule has 2 heterocycles. The van der Waals surface area contributed by atoms with Crippen molar-refractivity contribution in [1.82, 2.24) is 14.7 Å². The monoisotopic (exact) mass is 355 g/mol. The van der Waals surface area contributed by atoms with Gasteiger partial charge in [0, 0.05) is 6.20 Å². The van der Waals surface area contributed by atoms with Crippen LogP contribution in [0.15, 0.2) is 85.1 Å². The average Bonchev–Trinajstić information content (AvgIpc) is 3.12. The number of nitrogens with one attached hydrogen (secondary N) is 1. The van der Waals surface area contributed by atoms with Gasteiger partial charge in [0.05, 0.1) is 11.7 Å². The van der Waals surface area contributed by atoms with Gasteiger partial charge in [-0.3, -0.25) is 9.20 Å². The summed E-state index contributed by atoms with van der Waals surface area (Å²) in [4.78, 5) is 17.9. The van der Waals surface area contributed by atoms with Crippen molar-refractivity contribution in [2.24, 2.45) is 0 Å². The van der Waals surface area contributed by atoms with Gasteiger partial charge in [0.1, 0.15) is 11.3 Å². The maximum absolute atomic E-state index is 13.3. The number of carbonyl (C=O) groups excluding carboxylic acids is 1. The van der Waals surface area contributed by atoms with Crippen LogP contribution >= 0.6 is 0 Å². The zero-order chi connectivity index (χ0) is 18.6. The highest BCUT2D eigenvalue weighted by Crippen LogP contribution is 2.23. The summed E-state index contributed by atoms with van der Waals surface area (Å²) in [7, 11) is 0. The maximum Gasteiger partial charge on any atom is 0.270 e. The second kappa shape index (κ2) is 7.46. The van der Waals surface area contributed by atoms with Crippen LogP contribution in [-0.2, 0) is 6.42 Å². The Morgan fingerprint density at radius 3 is 2.11 bits per heavy atom. The van der Waals surface area contributed by atoms with E-state index in [4.69, 9.17) is 0 Å². The molecule has 4 nitrogen and oxygen atoms in total. The number of hydrogen-bond donors (Lipinski definition) is 1. The lowest BCUT2D eigenvalue weighted by Crippen LogP contribution is -2.31. The van der Waals surface area contributed by atoms with Crippen LogP contribution in [0.25, 0.3) is 5.65 Å². The molecule has 4 rings (SSSR count). The van der Waals surface area contributed by atoms with E-state index in [0.717, 1.165) is 22.5 Å². The van der Waals surface area contributed by atoms with Gasteiger partial charge in [0.15, 0.2) is 0 Å². The number of fused-ring (bicyclic) bond motifs is 1. The van der Waals surface area contributed by atoms with Crippen LogP contribution in [0.2, 0.25) is 0 Å². The minimum absolute atomic E-state index is 0.122. The number of nitrogens with zero attached hydrogens (tertiary/aromatic N) is 2. The number of rotatable bonds is 5. The van der Waals surface area contributed by atoms with Crippen molar-refractivity contribution in [2.75, 3.05) is 0 Å². The van der Waals surface area contributed by atoms with Crippen molar-refractivity contribution in [1.29, 1.82) is 0 Å². The minimum atomic E-state index is -0.223. The van der Waals surface area contributed by atoms with Crippen molar-refractivity contribution in [3.8, 4) is 0 Å². The molecule has 2 aromatic carbocycles. The Labute approximate surface area is 158 Å². The predicted molar refractivity (Wildman–Crippen MR) is 107 cm³/mol. The smallest absolute Gasteiger partial charge is 0.270 e. The molecule has 0 saturated carbocycles. The first-order valence-electron chi connectivity index (χ1n) is 9.14. The summed E-state index contributed by atoms with van der Waals surface area (Å²) in [6.07, 6.45) is 2.59. The fourth-order valence-electron chi connectivity index (χ4n) is 3.38. The van der Waals surface area contributed by atoms with Crippen LogP contribution in [0.5, 0.6) is 0 Å². The predicted octanol–water partition coefficient (Wildman–Crippen LogP) is 4.42. The van der Waals surface area contributed by atoms with Crippen molar-refractivity contribution in [2.45, 2.75) is 19.4 Å². The molecule has 0 radical (unpaired) electrons. The molecule has 2 aromatic heterocycles. The van der Waals surface area contributed by atoms with Gasteiger partial charge in [-0.05, 0) is 29.7 Å². The molecule has 0 aliphatic rings. The molecule has 0 aliphatic heterocycles. The number of amides is 1. The summed E-state index contributed by atoms with van der Waals surface area (Å²) in [6, 6.07) is 25.6. The molecule has 0 fully saturated rings. The summed E-state index contributed by atoms with van der Waals surface area (Å²) >= 11 is 0. The molecular formula is C23H21N3O. The van der Waals surface area contributed by atoms with Gasteiger partial charge < -0.3 is 5.32 Å². The van der Waals surface area contributed by atoms with E-state index in [9.17, 15) is 4.79 Å². The Morgan fingerprint density at radius 1 is 0.926 bits per heavy atom. The number of benzene rings is 2. The molecular weight excluding hydrogens is 334 g/mol. The number of hydrogen-bond acceptors (Lipinski definition) is 2. The van der Waals surface area contributed by atoms with Gasteiger partial charge in [-0.25, -0.2) is 4.98 Å². The topological polar surface area (TPSA) is 46.4 Å². The molecule has 0 bridgehead atoms. The summed E-state index contributed by atoms with van der Waals surface area (Å²) in [6.45, 7) is 2.02. The molecule has 134 valence electrons. The normalized spacial score (nSPS) is 11.0. The molecule has 0 aliphatic carbocycles. The Kier molecular flexibility index (Phi) is 4.71.